The summed E-state index contributed by atoms with van der Waals surface area (Å²) in [6, 6.07) is 2.96. The second kappa shape index (κ2) is 5.84. The van der Waals surface area contributed by atoms with Crippen molar-refractivity contribution in [1.82, 2.24) is 10.2 Å². The van der Waals surface area contributed by atoms with Crippen molar-refractivity contribution in [3.63, 3.8) is 0 Å². The highest BCUT2D eigenvalue weighted by Crippen LogP contribution is 2.38. The Morgan fingerprint density at radius 2 is 2.26 bits per heavy atom. The van der Waals surface area contributed by atoms with Crippen LogP contribution in [0.2, 0.25) is 0 Å². The van der Waals surface area contributed by atoms with Crippen molar-refractivity contribution in [2.45, 2.75) is 57.2 Å². The van der Waals surface area contributed by atoms with Crippen LogP contribution < -0.4 is 5.32 Å². The summed E-state index contributed by atoms with van der Waals surface area (Å²) in [6.07, 6.45) is 6.80. The first-order valence-corrected chi connectivity index (χ1v) is 9.10. The lowest BCUT2D eigenvalue weighted by atomic mass is 9.90. The van der Waals surface area contributed by atoms with Crippen LogP contribution in [-0.2, 0) is 6.54 Å². The number of hydrogen-bond acceptors (Lipinski definition) is 3. The predicted molar refractivity (Wildman–Crippen MR) is 85.7 cm³/mol. The highest BCUT2D eigenvalue weighted by atomic mass is 79.9. The van der Waals surface area contributed by atoms with Gasteiger partial charge in [-0.15, -0.1) is 11.3 Å². The fourth-order valence-corrected chi connectivity index (χ4v) is 5.09. The van der Waals surface area contributed by atoms with Gasteiger partial charge in [-0.05, 0) is 41.3 Å². The molecule has 3 rings (SSSR count). The number of nitrogens with one attached hydrogen (secondary N) is 1. The molecule has 1 N–H and O–H groups in total. The van der Waals surface area contributed by atoms with E-state index in [2.05, 4.69) is 44.5 Å². The van der Waals surface area contributed by atoms with Crippen LogP contribution in [0.5, 0.6) is 0 Å². The Kier molecular flexibility index (Phi) is 4.32. The van der Waals surface area contributed by atoms with Gasteiger partial charge in [0.25, 0.3) is 0 Å². The predicted octanol–water partition coefficient (Wildman–Crippen LogP) is 4.01. The number of nitrogens with zero attached hydrogens (tertiary/aromatic N) is 1. The minimum Gasteiger partial charge on any atom is -0.311 e. The molecule has 1 aromatic heterocycles. The lowest BCUT2D eigenvalue weighted by Crippen LogP contribution is -2.62. The Morgan fingerprint density at radius 3 is 2.89 bits per heavy atom. The van der Waals surface area contributed by atoms with E-state index in [0.717, 1.165) is 6.54 Å². The Labute approximate surface area is 128 Å². The van der Waals surface area contributed by atoms with E-state index in [4.69, 9.17) is 0 Å². The first-order valence-electron chi connectivity index (χ1n) is 7.43. The molecule has 1 atom stereocenters. The molecule has 1 saturated carbocycles. The van der Waals surface area contributed by atoms with Gasteiger partial charge in [0.15, 0.2) is 0 Å². The molecule has 106 valence electrons. The van der Waals surface area contributed by atoms with Crippen LogP contribution in [0.1, 0.15) is 43.9 Å². The summed E-state index contributed by atoms with van der Waals surface area (Å²) in [5.41, 5.74) is 0.447. The molecule has 1 aliphatic heterocycles. The summed E-state index contributed by atoms with van der Waals surface area (Å²) < 4.78 is 1.23. The Hall–Kier alpha value is 0.1000. The molecule has 2 heterocycles. The van der Waals surface area contributed by atoms with E-state index in [-0.39, 0.29) is 0 Å². The normalized spacial score (nSPS) is 27.2. The number of hydrogen-bond donors (Lipinski definition) is 1. The summed E-state index contributed by atoms with van der Waals surface area (Å²) in [5.74, 6) is 0. The molecule has 0 radical (unpaired) electrons. The molecule has 4 heteroatoms. The Morgan fingerprint density at radius 1 is 1.47 bits per heavy atom. The zero-order chi connectivity index (χ0) is 13.3. The molecule has 2 fully saturated rings. The van der Waals surface area contributed by atoms with Crippen LogP contribution in [0.3, 0.4) is 0 Å². The SMILES string of the molecule is CCC1CN(Cc2cc(Br)cs2)C2(CCCC2)CN1. The average molecular weight is 343 g/mol. The molecule has 2 aliphatic rings. The largest absolute Gasteiger partial charge is 0.311 e. The summed E-state index contributed by atoms with van der Waals surface area (Å²) in [6.45, 7) is 5.84. The van der Waals surface area contributed by atoms with Crippen molar-refractivity contribution >= 4 is 27.3 Å². The third-order valence-electron chi connectivity index (χ3n) is 4.83. The standard InChI is InChI=1S/C15H23BrN2S/c1-2-13-8-18(9-14-7-12(16)10-19-14)15(11-17-13)5-3-4-6-15/h7,10,13,17H,2-6,8-9,11H2,1H3. The van der Waals surface area contributed by atoms with Gasteiger partial charge in [0.05, 0.1) is 0 Å². The molecule has 0 bridgehead atoms. The van der Waals surface area contributed by atoms with E-state index in [1.54, 1.807) is 0 Å². The molecular weight excluding hydrogens is 320 g/mol. The monoisotopic (exact) mass is 342 g/mol. The lowest BCUT2D eigenvalue weighted by Gasteiger charge is -2.48. The van der Waals surface area contributed by atoms with E-state index >= 15 is 0 Å². The average Bonchev–Trinajstić information content (AvgIpc) is 3.03. The number of rotatable bonds is 3. The zero-order valence-electron chi connectivity index (χ0n) is 11.6. The fraction of sp³-hybridized carbons (Fsp3) is 0.733. The van der Waals surface area contributed by atoms with E-state index in [1.165, 1.54) is 54.5 Å². The van der Waals surface area contributed by atoms with Gasteiger partial charge in [0, 0.05) is 45.9 Å². The van der Waals surface area contributed by atoms with Gasteiger partial charge in [-0.3, -0.25) is 4.90 Å². The zero-order valence-corrected chi connectivity index (χ0v) is 14.0. The second-order valence-corrected chi connectivity index (χ2v) is 7.94. The Bertz CT molecular complexity index is 426. The van der Waals surface area contributed by atoms with E-state index in [1.807, 2.05) is 11.3 Å². The molecule has 19 heavy (non-hydrogen) atoms. The lowest BCUT2D eigenvalue weighted by molar-refractivity contribution is 0.0358. The van der Waals surface area contributed by atoms with Gasteiger partial charge in [-0.2, -0.15) is 0 Å². The summed E-state index contributed by atoms with van der Waals surface area (Å²) >= 11 is 5.46. The molecule has 1 aromatic rings. The van der Waals surface area contributed by atoms with Crippen molar-refractivity contribution in [2.75, 3.05) is 13.1 Å². The highest BCUT2D eigenvalue weighted by molar-refractivity contribution is 9.10. The maximum Gasteiger partial charge on any atom is 0.0338 e. The quantitative estimate of drug-likeness (QED) is 0.892. The minimum atomic E-state index is 0.447. The van der Waals surface area contributed by atoms with E-state index < -0.39 is 0 Å². The van der Waals surface area contributed by atoms with Crippen molar-refractivity contribution < 1.29 is 0 Å². The molecule has 1 spiro atoms. The topological polar surface area (TPSA) is 15.3 Å². The molecule has 1 aliphatic carbocycles. The second-order valence-electron chi connectivity index (χ2n) is 6.03. The first kappa shape index (κ1) is 14.1. The third kappa shape index (κ3) is 2.92. The first-order chi connectivity index (χ1) is 9.22. The van der Waals surface area contributed by atoms with Gasteiger partial charge in [0.2, 0.25) is 0 Å². The van der Waals surface area contributed by atoms with Crippen LogP contribution in [0.4, 0.5) is 0 Å². The van der Waals surface area contributed by atoms with Gasteiger partial charge < -0.3 is 5.32 Å². The molecule has 1 unspecified atom stereocenters. The Balaban J connectivity index is 1.76. The number of thiophene rings is 1. The molecular formula is C15H23BrN2S. The van der Waals surface area contributed by atoms with Gasteiger partial charge in [-0.1, -0.05) is 19.8 Å². The van der Waals surface area contributed by atoms with Gasteiger partial charge >= 0.3 is 0 Å². The van der Waals surface area contributed by atoms with Crippen LogP contribution in [0.25, 0.3) is 0 Å². The minimum absolute atomic E-state index is 0.447. The van der Waals surface area contributed by atoms with Crippen molar-refractivity contribution in [2.24, 2.45) is 0 Å². The molecule has 0 aromatic carbocycles. The van der Waals surface area contributed by atoms with Gasteiger partial charge in [0.1, 0.15) is 0 Å². The smallest absolute Gasteiger partial charge is 0.0338 e. The van der Waals surface area contributed by atoms with Crippen LogP contribution in [0, 0.1) is 0 Å². The number of piperazine rings is 1. The fourth-order valence-electron chi connectivity index (χ4n) is 3.63. The molecule has 2 nitrogen and oxygen atoms in total. The van der Waals surface area contributed by atoms with Crippen LogP contribution in [0.15, 0.2) is 15.9 Å². The van der Waals surface area contributed by atoms with Gasteiger partial charge in [-0.25, -0.2) is 0 Å². The summed E-state index contributed by atoms with van der Waals surface area (Å²) in [4.78, 5) is 4.28. The number of halogens is 1. The molecule has 0 amide bonds. The maximum atomic E-state index is 3.77. The van der Waals surface area contributed by atoms with Crippen LogP contribution in [-0.4, -0.2) is 29.6 Å². The molecule has 1 saturated heterocycles. The van der Waals surface area contributed by atoms with Crippen molar-refractivity contribution in [3.05, 3.63) is 20.8 Å². The summed E-state index contributed by atoms with van der Waals surface area (Å²) in [5, 5.41) is 5.98. The van der Waals surface area contributed by atoms with Crippen molar-refractivity contribution in [3.8, 4) is 0 Å². The maximum absolute atomic E-state index is 3.77. The summed E-state index contributed by atoms with van der Waals surface area (Å²) in [7, 11) is 0. The van der Waals surface area contributed by atoms with Crippen LogP contribution >= 0.6 is 27.3 Å². The highest BCUT2D eigenvalue weighted by Gasteiger charge is 2.43. The van der Waals surface area contributed by atoms with E-state index in [9.17, 15) is 0 Å². The van der Waals surface area contributed by atoms with Crippen molar-refractivity contribution in [1.29, 1.82) is 0 Å². The third-order valence-corrected chi connectivity index (χ3v) is 6.51. The van der Waals surface area contributed by atoms with E-state index in [0.29, 0.717) is 11.6 Å².